The number of carbonyl (C=O) groups excluding carboxylic acids is 2. The van der Waals surface area contributed by atoms with Gasteiger partial charge in [0.15, 0.2) is 6.61 Å². The molecule has 3 aromatic rings. The summed E-state index contributed by atoms with van der Waals surface area (Å²) in [5.41, 5.74) is 3.32. The fraction of sp³-hybridized carbons (Fsp3) is 0.167. The van der Waals surface area contributed by atoms with Gasteiger partial charge in [-0.3, -0.25) is 4.79 Å². The van der Waals surface area contributed by atoms with Gasteiger partial charge in [0, 0.05) is 11.6 Å². The molecule has 0 amide bonds. The average Bonchev–Trinajstić information content (AvgIpc) is 2.71. The molecule has 0 saturated heterocycles. The number of methoxy groups -OCH3 is 1. The zero-order chi connectivity index (χ0) is 20.1. The maximum absolute atomic E-state index is 12.3. The largest absolute Gasteiger partial charge is 0.497 e. The number of esters is 1. The fourth-order valence-corrected chi connectivity index (χ4v) is 2.94. The van der Waals surface area contributed by atoms with E-state index in [4.69, 9.17) is 9.47 Å². The first kappa shape index (κ1) is 19.4. The Balaban J connectivity index is 1.62. The number of hydrogen-bond acceptors (Lipinski definition) is 4. The lowest BCUT2D eigenvalue weighted by atomic mass is 10.0. The Labute approximate surface area is 164 Å². The summed E-state index contributed by atoms with van der Waals surface area (Å²) in [6, 6.07) is 17.3. The zero-order valence-corrected chi connectivity index (χ0v) is 16.2. The van der Waals surface area contributed by atoms with Gasteiger partial charge < -0.3 is 9.47 Å². The Morgan fingerprint density at radius 2 is 1.68 bits per heavy atom. The molecule has 0 aromatic heterocycles. The highest BCUT2D eigenvalue weighted by atomic mass is 16.5. The van der Waals surface area contributed by atoms with Gasteiger partial charge in [-0.1, -0.05) is 35.9 Å². The second-order valence-corrected chi connectivity index (χ2v) is 6.66. The molecule has 0 fully saturated rings. The van der Waals surface area contributed by atoms with Crippen LogP contribution < -0.4 is 4.74 Å². The van der Waals surface area contributed by atoms with Crippen molar-refractivity contribution >= 4 is 28.6 Å². The van der Waals surface area contributed by atoms with E-state index in [1.807, 2.05) is 68.4 Å². The first-order valence-corrected chi connectivity index (χ1v) is 8.99. The van der Waals surface area contributed by atoms with Crippen LogP contribution in [0.5, 0.6) is 5.75 Å². The number of rotatable bonds is 6. The minimum Gasteiger partial charge on any atom is -0.497 e. The summed E-state index contributed by atoms with van der Waals surface area (Å²) < 4.78 is 10.3. The van der Waals surface area contributed by atoms with E-state index in [0.29, 0.717) is 5.56 Å². The molecule has 0 heterocycles. The number of carbonyl (C=O) groups is 2. The number of ether oxygens (including phenoxy) is 2. The Hall–Kier alpha value is -3.40. The molecule has 142 valence electrons. The van der Waals surface area contributed by atoms with Crippen molar-refractivity contribution in [2.75, 3.05) is 13.7 Å². The number of benzene rings is 3. The Bertz CT molecular complexity index is 1060. The van der Waals surface area contributed by atoms with Crippen molar-refractivity contribution in [3.05, 3.63) is 82.9 Å². The Morgan fingerprint density at radius 3 is 2.46 bits per heavy atom. The van der Waals surface area contributed by atoms with Crippen molar-refractivity contribution in [3.8, 4) is 5.75 Å². The standard InChI is InChI=1S/C24H22O4/c1-16-4-5-17(2)22(12-16)23(25)15-28-24(26)11-7-18-6-8-20-14-21(27-3)10-9-19(20)13-18/h4-14H,15H2,1-3H3/b11-7+. The van der Waals surface area contributed by atoms with Crippen LogP contribution in [0.4, 0.5) is 0 Å². The lowest BCUT2D eigenvalue weighted by Gasteiger charge is -2.06. The smallest absolute Gasteiger partial charge is 0.331 e. The highest BCUT2D eigenvalue weighted by Crippen LogP contribution is 2.22. The Morgan fingerprint density at radius 1 is 0.929 bits per heavy atom. The van der Waals surface area contributed by atoms with Crippen LogP contribution in [0.25, 0.3) is 16.8 Å². The van der Waals surface area contributed by atoms with Crippen LogP contribution in [-0.2, 0) is 9.53 Å². The molecule has 3 aromatic carbocycles. The first-order valence-electron chi connectivity index (χ1n) is 8.99. The van der Waals surface area contributed by atoms with Crippen molar-refractivity contribution in [2.24, 2.45) is 0 Å². The molecule has 0 unspecified atom stereocenters. The predicted molar refractivity (Wildman–Crippen MR) is 111 cm³/mol. The first-order chi connectivity index (χ1) is 13.5. The van der Waals surface area contributed by atoms with Gasteiger partial charge in [0.25, 0.3) is 0 Å². The van der Waals surface area contributed by atoms with Crippen molar-refractivity contribution in [1.82, 2.24) is 0 Å². The molecule has 28 heavy (non-hydrogen) atoms. The van der Waals surface area contributed by atoms with E-state index in [2.05, 4.69) is 0 Å². The average molecular weight is 374 g/mol. The van der Waals surface area contributed by atoms with Crippen molar-refractivity contribution in [1.29, 1.82) is 0 Å². The number of ketones is 1. The van der Waals surface area contributed by atoms with Crippen LogP contribution in [0.15, 0.2) is 60.7 Å². The molecule has 0 atom stereocenters. The summed E-state index contributed by atoms with van der Waals surface area (Å²) in [7, 11) is 1.63. The van der Waals surface area contributed by atoms with E-state index in [1.165, 1.54) is 6.08 Å². The van der Waals surface area contributed by atoms with E-state index in [1.54, 1.807) is 13.2 Å². The van der Waals surface area contributed by atoms with Crippen molar-refractivity contribution in [2.45, 2.75) is 13.8 Å². The van der Waals surface area contributed by atoms with Gasteiger partial charge in [0.1, 0.15) is 5.75 Å². The van der Waals surface area contributed by atoms with E-state index < -0.39 is 5.97 Å². The third-order valence-corrected chi connectivity index (χ3v) is 4.52. The van der Waals surface area contributed by atoms with E-state index in [-0.39, 0.29) is 12.4 Å². The molecule has 0 spiro atoms. The number of hydrogen-bond donors (Lipinski definition) is 0. The summed E-state index contributed by atoms with van der Waals surface area (Å²) in [6.07, 6.45) is 3.01. The fourth-order valence-electron chi connectivity index (χ4n) is 2.94. The third kappa shape index (κ3) is 4.65. The van der Waals surface area contributed by atoms with Crippen LogP contribution in [0.1, 0.15) is 27.0 Å². The molecule has 0 bridgehead atoms. The molecule has 4 heteroatoms. The zero-order valence-electron chi connectivity index (χ0n) is 16.2. The summed E-state index contributed by atoms with van der Waals surface area (Å²) >= 11 is 0. The van der Waals surface area contributed by atoms with Gasteiger partial charge in [-0.05, 0) is 66.1 Å². The molecule has 0 aliphatic carbocycles. The van der Waals surface area contributed by atoms with Crippen molar-refractivity contribution < 1.29 is 19.1 Å². The van der Waals surface area contributed by atoms with Gasteiger partial charge in [0.2, 0.25) is 5.78 Å². The molecular formula is C24H22O4. The van der Waals surface area contributed by atoms with Crippen LogP contribution in [0.3, 0.4) is 0 Å². The quantitative estimate of drug-likeness (QED) is 0.350. The molecule has 0 N–H and O–H groups in total. The lowest BCUT2D eigenvalue weighted by Crippen LogP contribution is -2.13. The van der Waals surface area contributed by atoms with E-state index in [9.17, 15) is 9.59 Å². The second kappa shape index (κ2) is 8.53. The third-order valence-electron chi connectivity index (χ3n) is 4.52. The normalized spacial score (nSPS) is 11.0. The maximum Gasteiger partial charge on any atom is 0.331 e. The lowest BCUT2D eigenvalue weighted by molar-refractivity contribution is -0.136. The minimum absolute atomic E-state index is 0.206. The summed E-state index contributed by atoms with van der Waals surface area (Å²) in [6.45, 7) is 3.51. The number of aryl methyl sites for hydroxylation is 2. The highest BCUT2D eigenvalue weighted by Gasteiger charge is 2.11. The van der Waals surface area contributed by atoms with Crippen LogP contribution in [0.2, 0.25) is 0 Å². The van der Waals surface area contributed by atoms with Gasteiger partial charge in [0.05, 0.1) is 7.11 Å². The van der Waals surface area contributed by atoms with E-state index >= 15 is 0 Å². The van der Waals surface area contributed by atoms with Crippen LogP contribution in [-0.4, -0.2) is 25.5 Å². The number of fused-ring (bicyclic) bond motifs is 1. The monoisotopic (exact) mass is 374 g/mol. The number of Topliss-reactive ketones (excluding diaryl/α,β-unsaturated/α-hetero) is 1. The maximum atomic E-state index is 12.3. The predicted octanol–water partition coefficient (Wildman–Crippen LogP) is 4.90. The van der Waals surface area contributed by atoms with Gasteiger partial charge in [-0.25, -0.2) is 4.79 Å². The second-order valence-electron chi connectivity index (χ2n) is 6.66. The van der Waals surface area contributed by atoms with Crippen molar-refractivity contribution in [3.63, 3.8) is 0 Å². The van der Waals surface area contributed by atoms with E-state index in [0.717, 1.165) is 33.2 Å². The summed E-state index contributed by atoms with van der Waals surface area (Å²) in [5.74, 6) is 0.0453. The van der Waals surface area contributed by atoms with Gasteiger partial charge in [-0.15, -0.1) is 0 Å². The topological polar surface area (TPSA) is 52.6 Å². The van der Waals surface area contributed by atoms with Gasteiger partial charge >= 0.3 is 5.97 Å². The molecule has 3 rings (SSSR count). The SMILES string of the molecule is COc1ccc2cc(/C=C/C(=O)OCC(=O)c3cc(C)ccc3C)ccc2c1. The highest BCUT2D eigenvalue weighted by molar-refractivity contribution is 6.00. The molecular weight excluding hydrogens is 352 g/mol. The molecule has 0 saturated carbocycles. The molecule has 4 nitrogen and oxygen atoms in total. The summed E-state index contributed by atoms with van der Waals surface area (Å²) in [4.78, 5) is 24.3. The van der Waals surface area contributed by atoms with Gasteiger partial charge in [-0.2, -0.15) is 0 Å². The molecule has 0 aliphatic heterocycles. The Kier molecular flexibility index (Phi) is 5.90. The molecule has 0 aliphatic rings. The summed E-state index contributed by atoms with van der Waals surface area (Å²) in [5, 5.41) is 2.10. The molecule has 0 radical (unpaired) electrons. The minimum atomic E-state index is -0.548. The van der Waals surface area contributed by atoms with Crippen LogP contribution in [0, 0.1) is 13.8 Å². The van der Waals surface area contributed by atoms with Crippen LogP contribution >= 0.6 is 0 Å².